The second-order valence-corrected chi connectivity index (χ2v) is 5.51. The number of rotatable bonds is 3. The minimum absolute atomic E-state index is 0.423. The molecule has 0 aliphatic rings. The number of nitrogens with zero attached hydrogens (tertiary/aromatic N) is 1. The Morgan fingerprint density at radius 3 is 2.10 bits per heavy atom. The van der Waals surface area contributed by atoms with Crippen LogP contribution in [0, 0.1) is 0 Å². The van der Waals surface area contributed by atoms with Crippen molar-refractivity contribution in [2.75, 3.05) is 0 Å². The van der Waals surface area contributed by atoms with Crippen LogP contribution in [0.3, 0.4) is 0 Å². The van der Waals surface area contributed by atoms with E-state index in [1.165, 1.54) is 0 Å². The molecule has 0 atom stereocenters. The zero-order valence-corrected chi connectivity index (χ0v) is 11.8. The van der Waals surface area contributed by atoms with Crippen molar-refractivity contribution in [1.82, 2.24) is 0 Å². The maximum Gasteiger partial charge on any atom is 0.169 e. The molecule has 20 heavy (non-hydrogen) atoms. The normalized spacial score (nSPS) is 10.3. The van der Waals surface area contributed by atoms with Gasteiger partial charge < -0.3 is 4.55 Å². The van der Waals surface area contributed by atoms with Crippen molar-refractivity contribution in [3.05, 3.63) is 66.0 Å². The number of benzene rings is 1. The van der Waals surface area contributed by atoms with Gasteiger partial charge in [0.2, 0.25) is 0 Å². The van der Waals surface area contributed by atoms with Crippen LogP contribution in [0.5, 0.6) is 0 Å². The first-order valence-corrected chi connectivity index (χ1v) is 7.36. The van der Waals surface area contributed by atoms with E-state index in [-0.39, 0.29) is 0 Å². The van der Waals surface area contributed by atoms with Crippen molar-refractivity contribution in [3.8, 4) is 0 Å². The van der Waals surface area contributed by atoms with Gasteiger partial charge in [0.1, 0.15) is 7.05 Å². The molecule has 5 nitrogen and oxygen atoms in total. The second kappa shape index (κ2) is 7.52. The van der Waals surface area contributed by atoms with E-state index in [1.54, 1.807) is 42.5 Å². The highest BCUT2D eigenvalue weighted by molar-refractivity contribution is 7.84. The molecule has 0 aliphatic heterocycles. The summed E-state index contributed by atoms with van der Waals surface area (Å²) in [7, 11) is -2.22. The van der Waals surface area contributed by atoms with E-state index in [9.17, 15) is 17.8 Å². The summed E-state index contributed by atoms with van der Waals surface area (Å²) in [6.45, 7) is 0. The van der Waals surface area contributed by atoms with Crippen molar-refractivity contribution in [2.24, 2.45) is 7.05 Å². The Bertz CT molecular complexity index is 637. The lowest BCUT2D eigenvalue weighted by Gasteiger charge is -2.05. The molecule has 0 N–H and O–H groups in total. The van der Waals surface area contributed by atoms with Gasteiger partial charge in [-0.3, -0.25) is 4.79 Å². The summed E-state index contributed by atoms with van der Waals surface area (Å²) in [5, 5.41) is 0. The Balaban J connectivity index is 0.000000204. The van der Waals surface area contributed by atoms with Gasteiger partial charge in [0.25, 0.3) is 0 Å². The van der Waals surface area contributed by atoms with E-state index in [0.717, 1.165) is 6.29 Å². The second-order valence-electron chi connectivity index (χ2n) is 4.10. The van der Waals surface area contributed by atoms with Gasteiger partial charge in [0.15, 0.2) is 18.7 Å². The molecule has 1 heterocycles. The summed E-state index contributed by atoms with van der Waals surface area (Å²) in [6.07, 6.45) is 4.51. The van der Waals surface area contributed by atoms with Crippen LogP contribution in [-0.4, -0.2) is 19.3 Å². The zero-order chi connectivity index (χ0) is 15.0. The number of aryl methyl sites for hydroxylation is 1. The predicted octanol–water partition coefficient (Wildman–Crippen LogP) is 1.06. The first-order valence-electron chi connectivity index (χ1n) is 5.78. The molecule has 0 radical (unpaired) electrons. The highest BCUT2D eigenvalue weighted by Gasteiger charge is 1.96. The predicted molar refractivity (Wildman–Crippen MR) is 72.8 cm³/mol. The van der Waals surface area contributed by atoms with E-state index in [4.69, 9.17) is 0 Å². The molecule has 1 aromatic heterocycles. The molecule has 106 valence electrons. The SMILES string of the molecule is C[n+]1ccc(C=O)cc1.O=S(=O)([O-])Cc1ccccc1. The third-order valence-electron chi connectivity index (χ3n) is 2.33. The first kappa shape index (κ1) is 16.0. The molecular weight excluding hydrogens is 278 g/mol. The Labute approximate surface area is 118 Å². The molecule has 0 bridgehead atoms. The number of aldehydes is 1. The molecule has 2 aromatic rings. The number of pyridine rings is 1. The van der Waals surface area contributed by atoms with Crippen LogP contribution in [-0.2, 0) is 22.9 Å². The van der Waals surface area contributed by atoms with Crippen LogP contribution in [0.25, 0.3) is 0 Å². The molecule has 0 aliphatic carbocycles. The molecule has 1 aromatic carbocycles. The highest BCUT2D eigenvalue weighted by Crippen LogP contribution is 2.02. The third kappa shape index (κ3) is 6.77. The molecule has 0 saturated carbocycles. The lowest BCUT2D eigenvalue weighted by atomic mass is 10.2. The van der Waals surface area contributed by atoms with Crippen LogP contribution in [0.15, 0.2) is 54.9 Å². The Kier molecular flexibility index (Phi) is 6.02. The molecule has 0 fully saturated rings. The summed E-state index contributed by atoms with van der Waals surface area (Å²) in [6, 6.07) is 11.9. The van der Waals surface area contributed by atoms with E-state index in [2.05, 4.69) is 0 Å². The fraction of sp³-hybridized carbons (Fsp3) is 0.143. The van der Waals surface area contributed by atoms with E-state index >= 15 is 0 Å². The Hall–Kier alpha value is -2.05. The Morgan fingerprint density at radius 2 is 1.65 bits per heavy atom. The van der Waals surface area contributed by atoms with Crippen LogP contribution in [0.4, 0.5) is 0 Å². The van der Waals surface area contributed by atoms with Crippen LogP contribution < -0.4 is 4.57 Å². The molecule has 0 spiro atoms. The Morgan fingerprint density at radius 1 is 1.10 bits per heavy atom. The van der Waals surface area contributed by atoms with E-state index < -0.39 is 15.9 Å². The largest absolute Gasteiger partial charge is 0.748 e. The maximum absolute atomic E-state index is 10.2. The highest BCUT2D eigenvalue weighted by atomic mass is 32.2. The van der Waals surface area contributed by atoms with Gasteiger partial charge in [-0.1, -0.05) is 30.3 Å². The number of carbonyl (C=O) groups is 1. The summed E-state index contributed by atoms with van der Waals surface area (Å²) in [5.41, 5.74) is 1.25. The smallest absolute Gasteiger partial charge is 0.169 e. The molecule has 0 amide bonds. The summed E-state index contributed by atoms with van der Waals surface area (Å²) in [5.74, 6) is -0.423. The van der Waals surface area contributed by atoms with Gasteiger partial charge in [-0.25, -0.2) is 13.0 Å². The first-order chi connectivity index (χ1) is 9.40. The third-order valence-corrected chi connectivity index (χ3v) is 3.01. The average Bonchev–Trinajstić information content (AvgIpc) is 2.40. The van der Waals surface area contributed by atoms with Gasteiger partial charge in [-0.15, -0.1) is 0 Å². The molecule has 0 unspecified atom stereocenters. The standard InChI is InChI=1S/C7H8NO.C7H8O3S/c1-8-4-2-7(6-9)3-5-8;8-11(9,10)6-7-4-2-1-3-5-7/h2-6H,1H3;1-5H,6H2,(H,8,9,10)/q+1;/p-1. The summed E-state index contributed by atoms with van der Waals surface area (Å²) >= 11 is 0. The number of hydrogen-bond donors (Lipinski definition) is 0. The van der Waals surface area contributed by atoms with Crippen LogP contribution in [0.1, 0.15) is 15.9 Å². The number of carbonyl (C=O) groups excluding carboxylic acids is 1. The minimum atomic E-state index is -4.13. The molecular formula is C14H15NO4S. The van der Waals surface area contributed by atoms with Gasteiger partial charge in [0.05, 0.1) is 15.9 Å². The van der Waals surface area contributed by atoms with Crippen LogP contribution >= 0.6 is 0 Å². The minimum Gasteiger partial charge on any atom is -0.748 e. The zero-order valence-electron chi connectivity index (χ0n) is 11.0. The van der Waals surface area contributed by atoms with Crippen molar-refractivity contribution in [2.45, 2.75) is 5.75 Å². The van der Waals surface area contributed by atoms with Gasteiger partial charge in [0, 0.05) is 17.7 Å². The molecule has 0 saturated heterocycles. The quantitative estimate of drug-likeness (QED) is 0.481. The summed E-state index contributed by atoms with van der Waals surface area (Å²) in [4.78, 5) is 10.1. The summed E-state index contributed by atoms with van der Waals surface area (Å²) < 4.78 is 32.6. The van der Waals surface area contributed by atoms with Gasteiger partial charge >= 0.3 is 0 Å². The molecule has 6 heteroatoms. The van der Waals surface area contributed by atoms with Gasteiger partial charge in [-0.2, -0.15) is 0 Å². The monoisotopic (exact) mass is 293 g/mol. The van der Waals surface area contributed by atoms with Crippen molar-refractivity contribution in [3.63, 3.8) is 0 Å². The average molecular weight is 293 g/mol. The topological polar surface area (TPSA) is 78.1 Å². The van der Waals surface area contributed by atoms with Crippen molar-refractivity contribution < 1.29 is 22.3 Å². The van der Waals surface area contributed by atoms with Crippen LogP contribution in [0.2, 0.25) is 0 Å². The maximum atomic E-state index is 10.2. The fourth-order valence-electron chi connectivity index (χ4n) is 1.37. The van der Waals surface area contributed by atoms with E-state index in [0.29, 0.717) is 11.1 Å². The number of hydrogen-bond acceptors (Lipinski definition) is 4. The van der Waals surface area contributed by atoms with Crippen molar-refractivity contribution in [1.29, 1.82) is 0 Å². The fourth-order valence-corrected chi connectivity index (χ4v) is 1.97. The molecule has 2 rings (SSSR count). The number of aromatic nitrogens is 1. The van der Waals surface area contributed by atoms with Crippen molar-refractivity contribution >= 4 is 16.4 Å². The van der Waals surface area contributed by atoms with Gasteiger partial charge in [-0.05, 0) is 5.56 Å². The van der Waals surface area contributed by atoms with E-state index in [1.807, 2.05) is 24.0 Å². The lowest BCUT2D eigenvalue weighted by Crippen LogP contribution is -2.25. The lowest BCUT2D eigenvalue weighted by molar-refractivity contribution is -0.671.